The Bertz CT molecular complexity index is 567. The minimum atomic E-state index is -0.444. The Morgan fingerprint density at radius 1 is 1.32 bits per heavy atom. The van der Waals surface area contributed by atoms with Crippen LogP contribution in [0.4, 0.5) is 5.69 Å². The fraction of sp³-hybridized carbons (Fsp3) is 0.214. The summed E-state index contributed by atoms with van der Waals surface area (Å²) in [4.78, 5) is 19.5. The molecule has 1 N–H and O–H groups in total. The Kier molecular flexibility index (Phi) is 4.07. The van der Waals surface area contributed by atoms with Gasteiger partial charge in [-0.3, -0.25) is 4.98 Å². The zero-order valence-corrected chi connectivity index (χ0v) is 10.9. The molecule has 19 heavy (non-hydrogen) atoms. The normalized spacial score (nSPS) is 10.0. The molecule has 0 amide bonds. The van der Waals surface area contributed by atoms with Gasteiger partial charge in [-0.1, -0.05) is 6.07 Å². The molecule has 2 aromatic rings. The van der Waals surface area contributed by atoms with E-state index in [2.05, 4.69) is 20.0 Å². The minimum Gasteiger partial charge on any atom is -0.464 e. The van der Waals surface area contributed by atoms with Gasteiger partial charge in [0, 0.05) is 30.3 Å². The standard InChI is InChI=1S/C14H15N3O2/c1-10-3-4-11(8-16-10)9-17-12-5-6-15-13(7-12)14(18)19-2/h3-8H,9H2,1-2H3,(H,15,17). The minimum absolute atomic E-state index is 0.287. The number of aromatic nitrogens is 2. The van der Waals surface area contributed by atoms with Gasteiger partial charge in [0.2, 0.25) is 0 Å². The number of pyridine rings is 2. The van der Waals surface area contributed by atoms with Crippen LogP contribution in [-0.2, 0) is 11.3 Å². The molecule has 98 valence electrons. The number of methoxy groups -OCH3 is 1. The lowest BCUT2D eigenvalue weighted by atomic mass is 10.2. The third-order valence-corrected chi connectivity index (χ3v) is 2.62. The van der Waals surface area contributed by atoms with Crippen LogP contribution in [0, 0.1) is 6.92 Å². The van der Waals surface area contributed by atoms with Crippen LogP contribution in [0.2, 0.25) is 0 Å². The molecule has 0 unspecified atom stereocenters. The van der Waals surface area contributed by atoms with Crippen molar-refractivity contribution >= 4 is 11.7 Å². The summed E-state index contributed by atoms with van der Waals surface area (Å²) in [6.07, 6.45) is 3.40. The second-order valence-electron chi connectivity index (χ2n) is 4.08. The highest BCUT2D eigenvalue weighted by molar-refractivity contribution is 5.88. The quantitative estimate of drug-likeness (QED) is 0.850. The van der Waals surface area contributed by atoms with Gasteiger partial charge < -0.3 is 10.1 Å². The molecule has 0 saturated carbocycles. The molecule has 2 heterocycles. The van der Waals surface area contributed by atoms with Crippen LogP contribution < -0.4 is 5.32 Å². The monoisotopic (exact) mass is 257 g/mol. The van der Waals surface area contributed by atoms with Crippen molar-refractivity contribution < 1.29 is 9.53 Å². The zero-order valence-electron chi connectivity index (χ0n) is 10.9. The van der Waals surface area contributed by atoms with Crippen LogP contribution in [0.15, 0.2) is 36.7 Å². The maximum absolute atomic E-state index is 11.4. The van der Waals surface area contributed by atoms with Gasteiger partial charge in [-0.25, -0.2) is 9.78 Å². The Morgan fingerprint density at radius 3 is 2.84 bits per heavy atom. The van der Waals surface area contributed by atoms with E-state index in [1.165, 1.54) is 7.11 Å². The van der Waals surface area contributed by atoms with Crippen molar-refractivity contribution in [2.75, 3.05) is 12.4 Å². The maximum Gasteiger partial charge on any atom is 0.356 e. The summed E-state index contributed by atoms with van der Waals surface area (Å²) < 4.78 is 4.63. The number of hydrogen-bond acceptors (Lipinski definition) is 5. The van der Waals surface area contributed by atoms with Crippen molar-refractivity contribution in [1.82, 2.24) is 9.97 Å². The van der Waals surface area contributed by atoms with E-state index in [4.69, 9.17) is 0 Å². The molecule has 0 bridgehead atoms. The predicted octanol–water partition coefficient (Wildman–Crippen LogP) is 2.18. The Hall–Kier alpha value is -2.43. The molecule has 0 aromatic carbocycles. The molecule has 0 atom stereocenters. The van der Waals surface area contributed by atoms with Gasteiger partial charge in [0.15, 0.2) is 0 Å². The molecule has 0 aliphatic heterocycles. The van der Waals surface area contributed by atoms with E-state index >= 15 is 0 Å². The van der Waals surface area contributed by atoms with Gasteiger partial charge >= 0.3 is 5.97 Å². The summed E-state index contributed by atoms with van der Waals surface area (Å²) in [5, 5.41) is 3.21. The van der Waals surface area contributed by atoms with E-state index in [1.54, 1.807) is 18.3 Å². The average molecular weight is 257 g/mol. The summed E-state index contributed by atoms with van der Waals surface area (Å²) in [6.45, 7) is 2.58. The van der Waals surface area contributed by atoms with Crippen LogP contribution in [0.1, 0.15) is 21.7 Å². The molecule has 0 saturated heterocycles. The number of anilines is 1. The smallest absolute Gasteiger partial charge is 0.356 e. The molecule has 0 aliphatic carbocycles. The van der Waals surface area contributed by atoms with Crippen LogP contribution in [0.5, 0.6) is 0 Å². The molecule has 0 fully saturated rings. The lowest BCUT2D eigenvalue weighted by molar-refractivity contribution is 0.0594. The van der Waals surface area contributed by atoms with Crippen molar-refractivity contribution in [2.24, 2.45) is 0 Å². The molecule has 5 heteroatoms. The lowest BCUT2D eigenvalue weighted by Crippen LogP contribution is -2.06. The number of rotatable bonds is 4. The number of hydrogen-bond donors (Lipinski definition) is 1. The first-order chi connectivity index (χ1) is 9.19. The Morgan fingerprint density at radius 2 is 2.16 bits per heavy atom. The summed E-state index contributed by atoms with van der Waals surface area (Å²) in [5.74, 6) is -0.444. The molecule has 2 aromatic heterocycles. The average Bonchev–Trinajstić information content (AvgIpc) is 2.46. The van der Waals surface area contributed by atoms with E-state index in [-0.39, 0.29) is 5.69 Å². The van der Waals surface area contributed by atoms with Crippen LogP contribution >= 0.6 is 0 Å². The van der Waals surface area contributed by atoms with Gasteiger partial charge in [-0.15, -0.1) is 0 Å². The Balaban J connectivity index is 2.03. The van der Waals surface area contributed by atoms with Crippen molar-refractivity contribution in [2.45, 2.75) is 13.5 Å². The van der Waals surface area contributed by atoms with Crippen molar-refractivity contribution in [3.63, 3.8) is 0 Å². The number of aryl methyl sites for hydroxylation is 1. The molecular weight excluding hydrogens is 242 g/mol. The summed E-state index contributed by atoms with van der Waals surface area (Å²) in [5.41, 5.74) is 3.16. The highest BCUT2D eigenvalue weighted by Gasteiger charge is 2.07. The fourth-order valence-electron chi connectivity index (χ4n) is 1.56. The van der Waals surface area contributed by atoms with E-state index in [1.807, 2.05) is 25.3 Å². The number of carbonyl (C=O) groups is 1. The van der Waals surface area contributed by atoms with Gasteiger partial charge in [-0.2, -0.15) is 0 Å². The third kappa shape index (κ3) is 3.51. The Labute approximate surface area is 111 Å². The van der Waals surface area contributed by atoms with Crippen LogP contribution in [0.3, 0.4) is 0 Å². The molecule has 0 spiro atoms. The lowest BCUT2D eigenvalue weighted by Gasteiger charge is -2.07. The van der Waals surface area contributed by atoms with Crippen molar-refractivity contribution in [1.29, 1.82) is 0 Å². The van der Waals surface area contributed by atoms with Crippen LogP contribution in [0.25, 0.3) is 0 Å². The highest BCUT2D eigenvalue weighted by atomic mass is 16.5. The summed E-state index contributed by atoms with van der Waals surface area (Å²) in [7, 11) is 1.34. The molecular formula is C14H15N3O2. The predicted molar refractivity (Wildman–Crippen MR) is 71.9 cm³/mol. The largest absolute Gasteiger partial charge is 0.464 e. The summed E-state index contributed by atoms with van der Waals surface area (Å²) in [6, 6.07) is 7.43. The highest BCUT2D eigenvalue weighted by Crippen LogP contribution is 2.10. The zero-order chi connectivity index (χ0) is 13.7. The number of nitrogens with one attached hydrogen (secondary N) is 1. The fourth-order valence-corrected chi connectivity index (χ4v) is 1.56. The van der Waals surface area contributed by atoms with Gasteiger partial charge in [0.25, 0.3) is 0 Å². The number of esters is 1. The summed E-state index contributed by atoms with van der Waals surface area (Å²) >= 11 is 0. The van der Waals surface area contributed by atoms with Crippen molar-refractivity contribution in [3.05, 3.63) is 53.6 Å². The first-order valence-corrected chi connectivity index (χ1v) is 5.89. The van der Waals surface area contributed by atoms with E-state index in [0.717, 1.165) is 16.9 Å². The second kappa shape index (κ2) is 5.95. The van der Waals surface area contributed by atoms with Gasteiger partial charge in [0.05, 0.1) is 7.11 Å². The third-order valence-electron chi connectivity index (χ3n) is 2.62. The first kappa shape index (κ1) is 13.0. The first-order valence-electron chi connectivity index (χ1n) is 5.89. The van der Waals surface area contributed by atoms with Crippen molar-refractivity contribution in [3.8, 4) is 0 Å². The maximum atomic E-state index is 11.4. The van der Waals surface area contributed by atoms with Gasteiger partial charge in [-0.05, 0) is 30.7 Å². The molecule has 2 rings (SSSR count). The topological polar surface area (TPSA) is 64.1 Å². The molecule has 0 aliphatic rings. The number of carbonyl (C=O) groups excluding carboxylic acids is 1. The number of ether oxygens (including phenoxy) is 1. The van der Waals surface area contributed by atoms with E-state index < -0.39 is 5.97 Å². The second-order valence-corrected chi connectivity index (χ2v) is 4.08. The van der Waals surface area contributed by atoms with E-state index in [0.29, 0.717) is 6.54 Å². The van der Waals surface area contributed by atoms with Gasteiger partial charge in [0.1, 0.15) is 5.69 Å². The molecule has 5 nitrogen and oxygen atoms in total. The SMILES string of the molecule is COC(=O)c1cc(NCc2ccc(C)nc2)ccn1. The van der Waals surface area contributed by atoms with Crippen LogP contribution in [-0.4, -0.2) is 23.0 Å². The van der Waals surface area contributed by atoms with E-state index in [9.17, 15) is 4.79 Å². The molecule has 0 radical (unpaired) electrons. The number of nitrogens with zero attached hydrogens (tertiary/aromatic N) is 2.